The van der Waals surface area contributed by atoms with Crippen molar-refractivity contribution < 1.29 is 9.18 Å². The number of nitrogens with zero attached hydrogens (tertiary/aromatic N) is 2. The van der Waals surface area contributed by atoms with Crippen LogP contribution in [0.2, 0.25) is 0 Å². The van der Waals surface area contributed by atoms with Gasteiger partial charge in [0.2, 0.25) is 11.0 Å². The van der Waals surface area contributed by atoms with E-state index in [0.29, 0.717) is 16.6 Å². The molecule has 0 aliphatic heterocycles. The molecule has 4 nitrogen and oxygen atoms in total. The minimum atomic E-state index is -0.276. The maximum absolute atomic E-state index is 13.0. The molecule has 0 radical (unpaired) electrons. The highest BCUT2D eigenvalue weighted by Gasteiger charge is 2.51. The van der Waals surface area contributed by atoms with Gasteiger partial charge in [0.25, 0.3) is 0 Å². The van der Waals surface area contributed by atoms with Crippen molar-refractivity contribution in [1.29, 1.82) is 0 Å². The maximum Gasteiger partial charge on any atom is 0.226 e. The van der Waals surface area contributed by atoms with Crippen LogP contribution in [0, 0.1) is 29.0 Å². The average molecular weight is 371 g/mol. The van der Waals surface area contributed by atoms with Gasteiger partial charge in [-0.2, -0.15) is 0 Å². The topological polar surface area (TPSA) is 54.9 Å². The summed E-state index contributed by atoms with van der Waals surface area (Å²) < 4.78 is 13.0. The summed E-state index contributed by atoms with van der Waals surface area (Å²) in [6, 6.07) is 6.16. The lowest BCUT2D eigenvalue weighted by Crippen LogP contribution is -2.47. The molecule has 4 saturated carbocycles. The molecule has 0 unspecified atom stereocenters. The van der Waals surface area contributed by atoms with Gasteiger partial charge in [-0.25, -0.2) is 4.39 Å². The lowest BCUT2D eigenvalue weighted by atomic mass is 9.49. The lowest BCUT2D eigenvalue weighted by Gasteiger charge is -2.56. The zero-order valence-corrected chi connectivity index (χ0v) is 15.4. The molecule has 1 amide bonds. The fourth-order valence-electron chi connectivity index (χ4n) is 5.99. The molecule has 2 aromatic rings. The largest absolute Gasteiger partial charge is 0.301 e. The Bertz CT molecular complexity index is 797. The first-order chi connectivity index (χ1) is 12.6. The van der Waals surface area contributed by atoms with Gasteiger partial charge in [0, 0.05) is 12.0 Å². The Labute approximate surface area is 156 Å². The molecule has 1 heterocycles. The van der Waals surface area contributed by atoms with Gasteiger partial charge in [-0.1, -0.05) is 11.3 Å². The van der Waals surface area contributed by atoms with E-state index in [1.165, 1.54) is 62.0 Å². The standard InChI is InChI=1S/C20H22FN3OS/c21-16-3-1-15(2-4-16)18-23-24-19(26-18)22-17(25)11-20-8-12-5-13(9-20)7-14(6-12)10-20/h1-4,12-14H,5-11H2,(H,22,24,25). The van der Waals surface area contributed by atoms with Gasteiger partial charge in [-0.3, -0.25) is 4.79 Å². The lowest BCUT2D eigenvalue weighted by molar-refractivity contribution is -0.124. The first-order valence-electron chi connectivity index (χ1n) is 9.46. The zero-order valence-electron chi connectivity index (χ0n) is 14.6. The van der Waals surface area contributed by atoms with Gasteiger partial charge in [-0.15, -0.1) is 10.2 Å². The molecule has 6 rings (SSSR count). The normalized spacial score (nSPS) is 32.0. The number of rotatable bonds is 4. The number of benzene rings is 1. The molecule has 0 spiro atoms. The highest BCUT2D eigenvalue weighted by atomic mass is 32.1. The van der Waals surface area contributed by atoms with Gasteiger partial charge in [0.1, 0.15) is 10.8 Å². The smallest absolute Gasteiger partial charge is 0.226 e. The Kier molecular flexibility index (Phi) is 3.85. The van der Waals surface area contributed by atoms with E-state index in [4.69, 9.17) is 0 Å². The van der Waals surface area contributed by atoms with Crippen LogP contribution in [0.15, 0.2) is 24.3 Å². The summed E-state index contributed by atoms with van der Waals surface area (Å²) in [5, 5.41) is 12.4. The Morgan fingerprint density at radius 2 is 1.69 bits per heavy atom. The van der Waals surface area contributed by atoms with Crippen molar-refractivity contribution in [2.75, 3.05) is 5.32 Å². The van der Waals surface area contributed by atoms with E-state index < -0.39 is 0 Å². The number of hydrogen-bond acceptors (Lipinski definition) is 4. The van der Waals surface area contributed by atoms with Gasteiger partial charge in [0.05, 0.1) is 0 Å². The summed E-state index contributed by atoms with van der Waals surface area (Å²) in [6.45, 7) is 0. The molecule has 1 aromatic heterocycles. The van der Waals surface area contributed by atoms with Gasteiger partial charge >= 0.3 is 0 Å². The Hall–Kier alpha value is -1.82. The van der Waals surface area contributed by atoms with Crippen molar-refractivity contribution in [3.8, 4) is 10.6 Å². The predicted octanol–water partition coefficient (Wildman–Crippen LogP) is 4.89. The minimum Gasteiger partial charge on any atom is -0.301 e. The zero-order chi connectivity index (χ0) is 17.7. The Morgan fingerprint density at radius 3 is 2.31 bits per heavy atom. The van der Waals surface area contributed by atoms with Crippen LogP contribution < -0.4 is 5.32 Å². The van der Waals surface area contributed by atoms with E-state index in [1.54, 1.807) is 12.1 Å². The molecular formula is C20H22FN3OS. The van der Waals surface area contributed by atoms with Crippen LogP contribution in [-0.4, -0.2) is 16.1 Å². The van der Waals surface area contributed by atoms with Crippen LogP contribution in [0.5, 0.6) is 0 Å². The first-order valence-corrected chi connectivity index (χ1v) is 10.3. The van der Waals surface area contributed by atoms with Gasteiger partial charge in [0.15, 0.2) is 0 Å². The summed E-state index contributed by atoms with van der Waals surface area (Å²) in [5.41, 5.74) is 1.04. The second kappa shape index (κ2) is 6.12. The summed E-state index contributed by atoms with van der Waals surface area (Å²) >= 11 is 1.34. The molecule has 0 atom stereocenters. The number of hydrogen-bond donors (Lipinski definition) is 1. The number of carbonyl (C=O) groups is 1. The van der Waals surface area contributed by atoms with Crippen molar-refractivity contribution in [1.82, 2.24) is 10.2 Å². The summed E-state index contributed by atoms with van der Waals surface area (Å²) in [7, 11) is 0. The molecule has 26 heavy (non-hydrogen) atoms. The molecule has 4 bridgehead atoms. The van der Waals surface area contributed by atoms with Crippen LogP contribution in [-0.2, 0) is 4.79 Å². The van der Waals surface area contributed by atoms with E-state index in [-0.39, 0.29) is 17.1 Å². The number of nitrogens with one attached hydrogen (secondary N) is 1. The molecule has 4 aliphatic rings. The minimum absolute atomic E-state index is 0.0637. The molecule has 4 aliphatic carbocycles. The quantitative estimate of drug-likeness (QED) is 0.832. The molecule has 1 aromatic carbocycles. The van der Waals surface area contributed by atoms with E-state index in [2.05, 4.69) is 15.5 Å². The SMILES string of the molecule is O=C(CC12CC3CC(CC(C3)C1)C2)Nc1nnc(-c2ccc(F)cc2)s1. The van der Waals surface area contributed by atoms with Crippen LogP contribution in [0.4, 0.5) is 9.52 Å². The second-order valence-electron chi connectivity index (χ2n) is 8.56. The van der Waals surface area contributed by atoms with Crippen molar-refractivity contribution in [2.45, 2.75) is 44.9 Å². The summed E-state index contributed by atoms with van der Waals surface area (Å²) in [5.74, 6) is 2.33. The van der Waals surface area contributed by atoms with Crippen LogP contribution in [0.3, 0.4) is 0 Å². The average Bonchev–Trinajstić information content (AvgIpc) is 3.02. The highest BCUT2D eigenvalue weighted by Crippen LogP contribution is 2.61. The van der Waals surface area contributed by atoms with Crippen molar-refractivity contribution >= 4 is 22.4 Å². The monoisotopic (exact) mass is 371 g/mol. The second-order valence-corrected chi connectivity index (χ2v) is 9.54. The number of halogens is 1. The number of amides is 1. The fraction of sp³-hybridized carbons (Fsp3) is 0.550. The number of carbonyl (C=O) groups excluding carboxylic acids is 1. The third-order valence-corrected chi connectivity index (χ3v) is 7.35. The van der Waals surface area contributed by atoms with Crippen molar-refractivity contribution in [3.05, 3.63) is 30.1 Å². The molecule has 1 N–H and O–H groups in total. The number of anilines is 1. The van der Waals surface area contributed by atoms with Crippen molar-refractivity contribution in [2.24, 2.45) is 23.2 Å². The van der Waals surface area contributed by atoms with Crippen LogP contribution >= 0.6 is 11.3 Å². The summed E-state index contributed by atoms with van der Waals surface area (Å²) in [6.07, 6.45) is 8.45. The van der Waals surface area contributed by atoms with Gasteiger partial charge in [-0.05, 0) is 86.0 Å². The first kappa shape index (κ1) is 16.4. The molecule has 4 fully saturated rings. The van der Waals surface area contributed by atoms with E-state index in [9.17, 15) is 9.18 Å². The molecule has 0 saturated heterocycles. The highest BCUT2D eigenvalue weighted by molar-refractivity contribution is 7.18. The predicted molar refractivity (Wildman–Crippen MR) is 99.2 cm³/mol. The summed E-state index contributed by atoms with van der Waals surface area (Å²) in [4.78, 5) is 12.7. The van der Waals surface area contributed by atoms with E-state index >= 15 is 0 Å². The molecule has 6 heteroatoms. The maximum atomic E-state index is 13.0. The number of aromatic nitrogens is 2. The molecular weight excluding hydrogens is 349 g/mol. The van der Waals surface area contributed by atoms with E-state index in [0.717, 1.165) is 23.3 Å². The Balaban J connectivity index is 1.26. The fourth-order valence-corrected chi connectivity index (χ4v) is 6.76. The van der Waals surface area contributed by atoms with Gasteiger partial charge < -0.3 is 5.32 Å². The van der Waals surface area contributed by atoms with Crippen LogP contribution in [0.25, 0.3) is 10.6 Å². The Morgan fingerprint density at radius 1 is 1.08 bits per heavy atom. The molecule has 136 valence electrons. The van der Waals surface area contributed by atoms with E-state index in [1.807, 2.05) is 0 Å². The van der Waals surface area contributed by atoms with Crippen molar-refractivity contribution in [3.63, 3.8) is 0 Å². The third-order valence-electron chi connectivity index (χ3n) is 6.46. The van der Waals surface area contributed by atoms with Crippen LogP contribution in [0.1, 0.15) is 44.9 Å². The third kappa shape index (κ3) is 3.04.